The van der Waals surface area contributed by atoms with Gasteiger partial charge < -0.3 is 5.32 Å². The van der Waals surface area contributed by atoms with E-state index in [1.54, 1.807) is 6.07 Å². The first-order chi connectivity index (χ1) is 21.6. The lowest BCUT2D eigenvalue weighted by Crippen LogP contribution is -2.17. The molecule has 8 heteroatoms. The van der Waals surface area contributed by atoms with Crippen molar-refractivity contribution in [2.45, 2.75) is 128 Å². The Morgan fingerprint density at radius 3 is 1.80 bits per heavy atom. The molecule has 0 bridgehead atoms. The molecule has 1 N–H and O–H groups in total. The second-order valence-corrected chi connectivity index (χ2v) is 13.0. The van der Waals surface area contributed by atoms with Crippen molar-refractivity contribution in [3.63, 3.8) is 0 Å². The zero-order valence-electron chi connectivity index (χ0n) is 26.6. The Hall–Kier alpha value is -2.64. The fraction of sp³-hybridized carbons (Fsp3) is 0.556. The lowest BCUT2D eigenvalue weighted by atomic mass is 10.0. The van der Waals surface area contributed by atoms with Crippen molar-refractivity contribution in [3.05, 3.63) is 59.6 Å². The molecule has 0 atom stereocenters. The zero-order valence-corrected chi connectivity index (χ0v) is 28.1. The summed E-state index contributed by atoms with van der Waals surface area (Å²) in [5, 5.41) is 12.4. The van der Waals surface area contributed by atoms with Crippen LogP contribution in [0.1, 0.15) is 127 Å². The minimum Gasteiger partial charge on any atom is -0.325 e. The molecule has 2 aromatic carbocycles. The number of unbranched alkanes of at least 4 members (excludes halogenated alkanes) is 16. The lowest BCUT2D eigenvalue weighted by Gasteiger charge is -2.10. The monoisotopic (exact) mass is 638 g/mol. The molecule has 1 heterocycles. The Morgan fingerprint density at radius 1 is 0.705 bits per heavy atom. The maximum Gasteiger partial charge on any atom is 0.234 e. The Kier molecular flexibility index (Phi) is 17.9. The molecule has 0 unspecified atom stereocenters. The summed E-state index contributed by atoms with van der Waals surface area (Å²) in [7, 11) is 0. The van der Waals surface area contributed by atoms with Crippen molar-refractivity contribution in [3.8, 4) is 11.4 Å². The van der Waals surface area contributed by atoms with Gasteiger partial charge in [-0.25, -0.2) is 4.57 Å². The first kappa shape index (κ1) is 35.8. The highest BCUT2D eigenvalue weighted by molar-refractivity contribution is 7.99. The molecule has 3 aromatic rings. The average molecular weight is 639 g/mol. The number of amides is 1. The Balaban J connectivity index is 1.36. The minimum absolute atomic E-state index is 0.0724. The molecular weight excluding hydrogens is 588 g/mol. The Bertz CT molecular complexity index is 1230. The maximum atomic E-state index is 13.5. The van der Waals surface area contributed by atoms with Gasteiger partial charge in [-0.2, -0.15) is 0 Å². The Labute approximate surface area is 274 Å². The third-order valence-corrected chi connectivity index (χ3v) is 9.14. The third-order valence-electron chi connectivity index (χ3n) is 7.88. The van der Waals surface area contributed by atoms with Gasteiger partial charge in [0.2, 0.25) is 11.8 Å². The summed E-state index contributed by atoms with van der Waals surface area (Å²) in [4.78, 5) is 26.0. The van der Waals surface area contributed by atoms with Gasteiger partial charge in [0.15, 0.2) is 11.0 Å². The molecule has 0 aliphatic rings. The molecule has 44 heavy (non-hydrogen) atoms. The molecule has 0 spiro atoms. The molecule has 1 amide bonds. The van der Waals surface area contributed by atoms with Crippen LogP contribution in [0.15, 0.2) is 59.8 Å². The van der Waals surface area contributed by atoms with Crippen molar-refractivity contribution in [1.29, 1.82) is 0 Å². The molecule has 3 rings (SSSR count). The number of anilines is 1. The Morgan fingerprint density at radius 2 is 1.23 bits per heavy atom. The fourth-order valence-electron chi connectivity index (χ4n) is 5.37. The summed E-state index contributed by atoms with van der Waals surface area (Å²) in [6.45, 7) is 2.28. The highest BCUT2D eigenvalue weighted by Gasteiger charge is 2.22. The fourth-order valence-corrected chi connectivity index (χ4v) is 6.34. The van der Waals surface area contributed by atoms with Gasteiger partial charge in [0.25, 0.3) is 0 Å². The number of nitrogens with zero attached hydrogens (tertiary/aromatic N) is 3. The molecule has 0 radical (unpaired) electrons. The number of aromatic nitrogens is 3. The summed E-state index contributed by atoms with van der Waals surface area (Å²) < 4.78 is 1.54. The quantitative estimate of drug-likeness (QED) is 0.0825. The topological polar surface area (TPSA) is 76.9 Å². The predicted molar refractivity (Wildman–Crippen MR) is 186 cm³/mol. The van der Waals surface area contributed by atoms with E-state index >= 15 is 0 Å². The lowest BCUT2D eigenvalue weighted by molar-refractivity contribution is -0.113. The molecule has 6 nitrogen and oxygen atoms in total. The van der Waals surface area contributed by atoms with Crippen LogP contribution in [-0.4, -0.2) is 32.3 Å². The van der Waals surface area contributed by atoms with E-state index in [2.05, 4.69) is 22.4 Å². The van der Waals surface area contributed by atoms with E-state index in [9.17, 15) is 9.59 Å². The van der Waals surface area contributed by atoms with E-state index in [0.29, 0.717) is 28.0 Å². The number of carbonyl (C=O) groups is 2. The predicted octanol–water partition coefficient (Wildman–Crippen LogP) is 11.0. The number of carbonyl (C=O) groups excluding carboxylic acids is 2. The van der Waals surface area contributed by atoms with Gasteiger partial charge >= 0.3 is 0 Å². The maximum absolute atomic E-state index is 13.5. The van der Waals surface area contributed by atoms with E-state index in [0.717, 1.165) is 24.9 Å². The standard InChI is InChI=1S/C36H51ClN4O2S/c1-2-3-4-5-6-7-8-9-10-11-12-13-14-15-16-17-21-28-34(43)41-35(31-26-22-23-27-32(31)37)39-40-36(41)44-29-33(42)38-30-24-19-18-20-25-30/h18-20,22-27H,2-17,21,28-29H2,1H3,(H,38,42). The average Bonchev–Trinajstić information content (AvgIpc) is 3.46. The molecular formula is C36H51ClN4O2S. The van der Waals surface area contributed by atoms with Crippen molar-refractivity contribution in [2.24, 2.45) is 0 Å². The van der Waals surface area contributed by atoms with Crippen LogP contribution >= 0.6 is 23.4 Å². The van der Waals surface area contributed by atoms with Crippen LogP contribution in [0.5, 0.6) is 0 Å². The van der Waals surface area contributed by atoms with Gasteiger partial charge in [0, 0.05) is 17.7 Å². The smallest absolute Gasteiger partial charge is 0.234 e. The molecule has 0 saturated carbocycles. The number of nitrogens with one attached hydrogen (secondary N) is 1. The molecule has 1 aromatic heterocycles. The second-order valence-electron chi connectivity index (χ2n) is 11.6. The van der Waals surface area contributed by atoms with Crippen LogP contribution in [0.2, 0.25) is 5.02 Å². The van der Waals surface area contributed by atoms with Crippen molar-refractivity contribution < 1.29 is 9.59 Å². The van der Waals surface area contributed by atoms with Crippen LogP contribution in [0.3, 0.4) is 0 Å². The van der Waals surface area contributed by atoms with Gasteiger partial charge in [-0.1, -0.05) is 163 Å². The van der Waals surface area contributed by atoms with E-state index < -0.39 is 0 Å². The van der Waals surface area contributed by atoms with Gasteiger partial charge in [0.05, 0.1) is 10.8 Å². The number of hydrogen-bond donors (Lipinski definition) is 1. The zero-order chi connectivity index (χ0) is 31.2. The number of rotatable bonds is 23. The van der Waals surface area contributed by atoms with Gasteiger partial charge in [-0.05, 0) is 30.7 Å². The number of hydrogen-bond acceptors (Lipinski definition) is 5. The molecule has 0 aliphatic heterocycles. The van der Waals surface area contributed by atoms with Crippen LogP contribution < -0.4 is 5.32 Å². The highest BCUT2D eigenvalue weighted by Crippen LogP contribution is 2.30. The van der Waals surface area contributed by atoms with Crippen LogP contribution in [0.25, 0.3) is 11.4 Å². The SMILES string of the molecule is CCCCCCCCCCCCCCCCCCCC(=O)n1c(SCC(=O)Nc2ccccc2)nnc1-c1ccccc1Cl. The summed E-state index contributed by atoms with van der Waals surface area (Å²) in [6, 6.07) is 16.6. The van der Waals surface area contributed by atoms with Crippen LogP contribution in [0.4, 0.5) is 5.69 Å². The van der Waals surface area contributed by atoms with E-state index in [-0.39, 0.29) is 17.6 Å². The summed E-state index contributed by atoms with van der Waals surface area (Å²) >= 11 is 7.66. The van der Waals surface area contributed by atoms with Crippen molar-refractivity contribution in [2.75, 3.05) is 11.1 Å². The summed E-state index contributed by atoms with van der Waals surface area (Å²) in [5.74, 6) is 0.285. The van der Waals surface area contributed by atoms with E-state index in [1.165, 1.54) is 106 Å². The number of halogens is 1. The summed E-state index contributed by atoms with van der Waals surface area (Å²) in [6.07, 6.45) is 22.5. The largest absolute Gasteiger partial charge is 0.325 e. The molecule has 0 fully saturated rings. The van der Waals surface area contributed by atoms with Crippen molar-refractivity contribution in [1.82, 2.24) is 14.8 Å². The minimum atomic E-state index is -0.171. The van der Waals surface area contributed by atoms with Crippen molar-refractivity contribution >= 4 is 40.9 Å². The van der Waals surface area contributed by atoms with Crippen LogP contribution in [-0.2, 0) is 4.79 Å². The highest BCUT2D eigenvalue weighted by atomic mass is 35.5. The summed E-state index contributed by atoms with van der Waals surface area (Å²) in [5.41, 5.74) is 1.38. The van der Waals surface area contributed by atoms with Gasteiger partial charge in [-0.3, -0.25) is 9.59 Å². The number of para-hydroxylation sites is 1. The second kappa shape index (κ2) is 22.0. The van der Waals surface area contributed by atoms with E-state index in [1.807, 2.05) is 48.5 Å². The number of benzene rings is 2. The first-order valence-corrected chi connectivity index (χ1v) is 18.2. The van der Waals surface area contributed by atoms with Gasteiger partial charge in [-0.15, -0.1) is 10.2 Å². The first-order valence-electron chi connectivity index (χ1n) is 16.8. The van der Waals surface area contributed by atoms with Crippen LogP contribution in [0, 0.1) is 0 Å². The molecule has 240 valence electrons. The number of thioether (sulfide) groups is 1. The molecule has 0 saturated heterocycles. The van der Waals surface area contributed by atoms with E-state index in [4.69, 9.17) is 11.6 Å². The molecule has 0 aliphatic carbocycles. The normalized spacial score (nSPS) is 11.1. The van der Waals surface area contributed by atoms with Gasteiger partial charge in [0.1, 0.15) is 0 Å². The third kappa shape index (κ3) is 13.6.